The van der Waals surface area contributed by atoms with Gasteiger partial charge in [-0.15, -0.1) is 0 Å². The molecule has 1 aliphatic carbocycles. The largest absolute Gasteiger partial charge is 0.388 e. The van der Waals surface area contributed by atoms with Gasteiger partial charge in [-0.25, -0.2) is 4.39 Å². The van der Waals surface area contributed by atoms with Crippen LogP contribution in [0.2, 0.25) is 10.0 Å². The third-order valence-corrected chi connectivity index (χ3v) is 9.68. The van der Waals surface area contributed by atoms with Crippen molar-refractivity contribution in [2.45, 2.75) is 37.3 Å². The van der Waals surface area contributed by atoms with E-state index in [0.717, 1.165) is 18.4 Å². The van der Waals surface area contributed by atoms with Crippen LogP contribution in [0.1, 0.15) is 47.2 Å². The SMILES string of the molecule is C[C@@]1(c2ccc(Cl)cc2NC=O)[C@@H](c2cccc(Cl)c2F)[C@@H]2C(=O)N(c3ccc(C(=O)CO)cc3)C[C@@H]2N1CC1CC1. The second-order valence-corrected chi connectivity index (χ2v) is 12.3. The number of amides is 2. The molecule has 1 saturated carbocycles. The third-order valence-electron chi connectivity index (χ3n) is 9.15. The number of Topliss-reactive ketones (excluding diaryl/α,β-unsaturated/α-hetero) is 1. The van der Waals surface area contributed by atoms with Crippen LogP contribution in [0.4, 0.5) is 15.8 Å². The van der Waals surface area contributed by atoms with Crippen LogP contribution in [-0.4, -0.2) is 53.8 Å². The normalized spacial score (nSPS) is 25.5. The van der Waals surface area contributed by atoms with Gasteiger partial charge >= 0.3 is 0 Å². The van der Waals surface area contributed by atoms with Crippen molar-refractivity contribution in [2.75, 3.05) is 29.9 Å². The molecule has 3 aromatic rings. The fourth-order valence-electron chi connectivity index (χ4n) is 7.04. The van der Waals surface area contributed by atoms with Crippen LogP contribution >= 0.6 is 23.2 Å². The minimum absolute atomic E-state index is 0.0270. The number of nitrogens with one attached hydrogen (secondary N) is 1. The number of carbonyl (C=O) groups is 3. The van der Waals surface area contributed by atoms with Crippen molar-refractivity contribution >= 4 is 52.7 Å². The summed E-state index contributed by atoms with van der Waals surface area (Å²) in [6.45, 7) is 2.48. The molecule has 10 heteroatoms. The monoisotopic (exact) mass is 609 g/mol. The molecule has 3 fully saturated rings. The number of hydrogen-bond acceptors (Lipinski definition) is 5. The van der Waals surface area contributed by atoms with Crippen molar-refractivity contribution in [3.05, 3.63) is 93.2 Å². The standard InChI is InChI=1S/C32H30Cl2FN3O4/c1-32(23-12-9-20(33)13-25(23)36-17-40)29(22-3-2-4-24(34)30(22)35)28-26(38(32)14-18-5-6-18)15-37(31(28)42)21-10-7-19(8-11-21)27(41)16-39/h2-4,7-13,17-18,26,28-29,39H,5-6,14-16H2,1H3,(H,36,40)/t26-,28+,29-,32+/m0/s1. The molecule has 4 atom stereocenters. The number of ketones is 1. The van der Waals surface area contributed by atoms with Gasteiger partial charge in [0.05, 0.1) is 16.5 Å². The fourth-order valence-corrected chi connectivity index (χ4v) is 7.39. The van der Waals surface area contributed by atoms with Crippen LogP contribution in [0.5, 0.6) is 0 Å². The molecule has 42 heavy (non-hydrogen) atoms. The molecule has 3 aliphatic rings. The summed E-state index contributed by atoms with van der Waals surface area (Å²) in [4.78, 5) is 42.1. The second-order valence-electron chi connectivity index (χ2n) is 11.5. The molecular weight excluding hydrogens is 580 g/mol. The third kappa shape index (κ3) is 4.71. The Hall–Kier alpha value is -3.30. The molecule has 0 bridgehead atoms. The topological polar surface area (TPSA) is 90.0 Å². The summed E-state index contributed by atoms with van der Waals surface area (Å²) in [7, 11) is 0. The number of aliphatic hydroxyl groups is 1. The maximum atomic E-state index is 16.0. The van der Waals surface area contributed by atoms with Crippen molar-refractivity contribution in [3.63, 3.8) is 0 Å². The molecule has 2 aliphatic heterocycles. The highest BCUT2D eigenvalue weighted by atomic mass is 35.5. The first-order valence-electron chi connectivity index (χ1n) is 13.9. The molecule has 0 spiro atoms. The number of benzene rings is 3. The lowest BCUT2D eigenvalue weighted by Crippen LogP contribution is -2.49. The van der Waals surface area contributed by atoms with E-state index in [-0.39, 0.29) is 17.0 Å². The number of likely N-dealkylation sites (tertiary alicyclic amines) is 1. The number of nitrogens with zero attached hydrogens (tertiary/aromatic N) is 2. The molecule has 7 nitrogen and oxygen atoms in total. The number of aliphatic hydroxyl groups excluding tert-OH is 1. The molecule has 2 saturated heterocycles. The summed E-state index contributed by atoms with van der Waals surface area (Å²) in [5.74, 6) is -1.97. The van der Waals surface area contributed by atoms with Crippen molar-refractivity contribution in [1.29, 1.82) is 0 Å². The molecule has 218 valence electrons. The lowest BCUT2D eigenvalue weighted by molar-refractivity contribution is -0.121. The first-order valence-corrected chi connectivity index (χ1v) is 14.7. The van der Waals surface area contributed by atoms with Crippen LogP contribution < -0.4 is 10.2 Å². The van der Waals surface area contributed by atoms with Crippen LogP contribution in [0, 0.1) is 17.7 Å². The minimum Gasteiger partial charge on any atom is -0.388 e. The van der Waals surface area contributed by atoms with Gasteiger partial charge in [0, 0.05) is 47.0 Å². The van der Waals surface area contributed by atoms with Crippen molar-refractivity contribution in [2.24, 2.45) is 11.8 Å². The Bertz CT molecular complexity index is 1560. The highest BCUT2D eigenvalue weighted by molar-refractivity contribution is 6.31. The number of hydrogen-bond donors (Lipinski definition) is 2. The van der Waals surface area contributed by atoms with E-state index in [0.29, 0.717) is 52.9 Å². The van der Waals surface area contributed by atoms with Gasteiger partial charge in [-0.2, -0.15) is 0 Å². The second kappa shape index (κ2) is 11.1. The van der Waals surface area contributed by atoms with Crippen molar-refractivity contribution < 1.29 is 23.9 Å². The molecular formula is C32H30Cl2FN3O4. The average Bonchev–Trinajstić information content (AvgIpc) is 3.70. The molecule has 0 aromatic heterocycles. The van der Waals surface area contributed by atoms with Gasteiger partial charge in [0.1, 0.15) is 12.4 Å². The Morgan fingerprint density at radius 2 is 1.88 bits per heavy atom. The first kappa shape index (κ1) is 28.8. The summed E-state index contributed by atoms with van der Waals surface area (Å²) in [5.41, 5.74) is 1.65. The van der Waals surface area contributed by atoms with Gasteiger partial charge in [0.2, 0.25) is 12.3 Å². The smallest absolute Gasteiger partial charge is 0.232 e. The van der Waals surface area contributed by atoms with E-state index in [4.69, 9.17) is 23.2 Å². The van der Waals surface area contributed by atoms with Crippen LogP contribution in [0.3, 0.4) is 0 Å². The molecule has 0 unspecified atom stereocenters. The Labute approximate surface area is 253 Å². The summed E-state index contributed by atoms with van der Waals surface area (Å²) in [5, 5.41) is 12.4. The van der Waals surface area contributed by atoms with Gasteiger partial charge in [0.25, 0.3) is 0 Å². The molecule has 2 heterocycles. The van der Waals surface area contributed by atoms with Crippen molar-refractivity contribution in [3.8, 4) is 0 Å². The van der Waals surface area contributed by atoms with Crippen LogP contribution in [0.15, 0.2) is 60.7 Å². The van der Waals surface area contributed by atoms with E-state index in [9.17, 15) is 19.5 Å². The molecule has 2 N–H and O–H groups in total. The first-order chi connectivity index (χ1) is 20.2. The molecule has 2 amide bonds. The predicted octanol–water partition coefficient (Wildman–Crippen LogP) is 5.63. The highest BCUT2D eigenvalue weighted by Gasteiger charge is 2.65. The average molecular weight is 611 g/mol. The quantitative estimate of drug-likeness (QED) is 0.242. The zero-order valence-electron chi connectivity index (χ0n) is 22.9. The Morgan fingerprint density at radius 1 is 1.14 bits per heavy atom. The fraction of sp³-hybridized carbons (Fsp3) is 0.344. The number of anilines is 2. The summed E-state index contributed by atoms with van der Waals surface area (Å²) >= 11 is 12.7. The van der Waals surface area contributed by atoms with E-state index in [2.05, 4.69) is 10.2 Å². The zero-order valence-corrected chi connectivity index (χ0v) is 24.4. The van der Waals surface area contributed by atoms with Gasteiger partial charge in [-0.1, -0.05) is 41.4 Å². The van der Waals surface area contributed by atoms with Gasteiger partial charge in [-0.05, 0) is 79.3 Å². The summed E-state index contributed by atoms with van der Waals surface area (Å²) in [6.07, 6.45) is 2.73. The van der Waals surface area contributed by atoms with E-state index in [1.54, 1.807) is 53.4 Å². The Kier molecular flexibility index (Phi) is 7.60. The lowest BCUT2D eigenvalue weighted by atomic mass is 9.71. The zero-order chi connectivity index (χ0) is 29.8. The number of carbonyl (C=O) groups excluding carboxylic acids is 3. The molecule has 6 rings (SSSR count). The van der Waals surface area contributed by atoms with Gasteiger partial charge in [-0.3, -0.25) is 19.3 Å². The van der Waals surface area contributed by atoms with E-state index < -0.39 is 35.6 Å². The Balaban J connectivity index is 1.52. The Morgan fingerprint density at radius 3 is 2.55 bits per heavy atom. The van der Waals surface area contributed by atoms with E-state index >= 15 is 4.39 Å². The number of fused-ring (bicyclic) bond motifs is 1. The molecule has 3 aromatic carbocycles. The van der Waals surface area contributed by atoms with Gasteiger partial charge in [0.15, 0.2) is 5.78 Å². The maximum Gasteiger partial charge on any atom is 0.232 e. The van der Waals surface area contributed by atoms with Gasteiger partial charge < -0.3 is 15.3 Å². The number of halogens is 3. The van der Waals surface area contributed by atoms with Crippen molar-refractivity contribution in [1.82, 2.24) is 4.90 Å². The maximum absolute atomic E-state index is 16.0. The number of rotatable bonds is 9. The minimum atomic E-state index is -0.904. The lowest BCUT2D eigenvalue weighted by Gasteiger charge is -2.44. The summed E-state index contributed by atoms with van der Waals surface area (Å²) < 4.78 is 16.0. The van der Waals surface area contributed by atoms with Crippen LogP contribution in [-0.2, 0) is 15.1 Å². The predicted molar refractivity (Wildman–Crippen MR) is 160 cm³/mol. The summed E-state index contributed by atoms with van der Waals surface area (Å²) in [6, 6.07) is 16.5. The van der Waals surface area contributed by atoms with E-state index in [1.165, 1.54) is 6.07 Å². The van der Waals surface area contributed by atoms with Crippen LogP contribution in [0.25, 0.3) is 0 Å². The van der Waals surface area contributed by atoms with E-state index in [1.807, 2.05) is 13.0 Å². The molecule has 0 radical (unpaired) electrons. The highest BCUT2D eigenvalue weighted by Crippen LogP contribution is 2.60.